The molecule has 2 saturated carbocycles. The van der Waals surface area contributed by atoms with Gasteiger partial charge in [0.25, 0.3) is 0 Å². The Morgan fingerprint density at radius 1 is 1.24 bits per heavy atom. The number of hydrogen-bond donors (Lipinski definition) is 0. The van der Waals surface area contributed by atoms with Crippen LogP contribution in [0.5, 0.6) is 0 Å². The lowest BCUT2D eigenvalue weighted by Gasteiger charge is -2.41. The van der Waals surface area contributed by atoms with Gasteiger partial charge in [-0.05, 0) is 48.6 Å². The summed E-state index contributed by atoms with van der Waals surface area (Å²) in [7, 11) is 0. The highest BCUT2D eigenvalue weighted by atomic mass is 14.9. The van der Waals surface area contributed by atoms with Gasteiger partial charge in [-0.3, -0.25) is 4.99 Å². The van der Waals surface area contributed by atoms with E-state index in [1.165, 1.54) is 42.6 Å². The monoisotopic (exact) mass is 225 g/mol. The Morgan fingerprint density at radius 2 is 2.06 bits per heavy atom. The molecule has 0 amide bonds. The molecule has 2 aliphatic carbocycles. The van der Waals surface area contributed by atoms with Gasteiger partial charge < -0.3 is 0 Å². The van der Waals surface area contributed by atoms with Gasteiger partial charge in [-0.15, -0.1) is 0 Å². The summed E-state index contributed by atoms with van der Waals surface area (Å²) < 4.78 is 0. The van der Waals surface area contributed by atoms with Crippen LogP contribution in [-0.2, 0) is 6.42 Å². The van der Waals surface area contributed by atoms with E-state index in [-0.39, 0.29) is 0 Å². The van der Waals surface area contributed by atoms with E-state index in [1.54, 1.807) is 0 Å². The first kappa shape index (κ1) is 9.87. The topological polar surface area (TPSA) is 12.4 Å². The van der Waals surface area contributed by atoms with Gasteiger partial charge in [0.05, 0.1) is 5.69 Å². The molecule has 1 aromatic rings. The molecule has 0 saturated heterocycles. The summed E-state index contributed by atoms with van der Waals surface area (Å²) in [5, 5.41) is 0. The van der Waals surface area contributed by atoms with Crippen LogP contribution in [0, 0.1) is 16.7 Å². The van der Waals surface area contributed by atoms with E-state index >= 15 is 0 Å². The number of rotatable bonds is 0. The van der Waals surface area contributed by atoms with Crippen molar-refractivity contribution in [3.05, 3.63) is 29.8 Å². The molecule has 1 heteroatoms. The predicted molar refractivity (Wildman–Crippen MR) is 70.8 cm³/mol. The Kier molecular flexibility index (Phi) is 1.64. The zero-order chi connectivity index (χ0) is 11.7. The Labute approximate surface area is 103 Å². The molecule has 1 aliphatic heterocycles. The van der Waals surface area contributed by atoms with Gasteiger partial charge in [-0.1, -0.05) is 32.0 Å². The zero-order valence-electron chi connectivity index (χ0n) is 10.7. The van der Waals surface area contributed by atoms with Crippen molar-refractivity contribution in [1.29, 1.82) is 0 Å². The highest BCUT2D eigenvalue weighted by molar-refractivity contribution is 5.98. The van der Waals surface area contributed by atoms with Crippen molar-refractivity contribution in [2.24, 2.45) is 21.7 Å². The first-order valence-electron chi connectivity index (χ1n) is 6.79. The largest absolute Gasteiger partial charge is 0.257 e. The maximum atomic E-state index is 4.99. The minimum atomic E-state index is 0.395. The van der Waals surface area contributed by atoms with Crippen LogP contribution in [0.3, 0.4) is 0 Å². The molecular weight excluding hydrogens is 206 g/mol. The standard InChI is InChI=1S/C16H19N/c1-15(2)12-7-8-16(15)10-11-5-3-4-6-13(11)17-14(16)9-12/h3-6,12H,7-10H2,1-2H3. The summed E-state index contributed by atoms with van der Waals surface area (Å²) in [5.74, 6) is 0.871. The van der Waals surface area contributed by atoms with Crippen molar-refractivity contribution in [2.45, 2.75) is 39.5 Å². The number of aliphatic imine (C=N–C) groups is 1. The van der Waals surface area contributed by atoms with Gasteiger partial charge in [-0.2, -0.15) is 0 Å². The maximum Gasteiger partial charge on any atom is 0.0661 e. The molecule has 1 aromatic carbocycles. The van der Waals surface area contributed by atoms with Crippen molar-refractivity contribution in [3.63, 3.8) is 0 Å². The van der Waals surface area contributed by atoms with Crippen LogP contribution in [0.1, 0.15) is 38.7 Å². The molecule has 88 valence electrons. The van der Waals surface area contributed by atoms with Crippen LogP contribution < -0.4 is 0 Å². The molecule has 2 bridgehead atoms. The second-order valence-electron chi connectivity index (χ2n) is 6.61. The average molecular weight is 225 g/mol. The van der Waals surface area contributed by atoms with E-state index in [4.69, 9.17) is 4.99 Å². The van der Waals surface area contributed by atoms with E-state index in [0.717, 1.165) is 5.92 Å². The van der Waals surface area contributed by atoms with Gasteiger partial charge >= 0.3 is 0 Å². The fraction of sp³-hybridized carbons (Fsp3) is 0.562. The normalized spacial score (nSPS) is 36.4. The summed E-state index contributed by atoms with van der Waals surface area (Å²) in [6, 6.07) is 8.71. The molecule has 1 nitrogen and oxygen atoms in total. The van der Waals surface area contributed by atoms with Crippen LogP contribution in [0.25, 0.3) is 0 Å². The summed E-state index contributed by atoms with van der Waals surface area (Å²) in [6.07, 6.45) is 5.25. The van der Waals surface area contributed by atoms with E-state index < -0.39 is 0 Å². The lowest BCUT2D eigenvalue weighted by Crippen LogP contribution is -2.39. The van der Waals surface area contributed by atoms with Gasteiger partial charge in [0.1, 0.15) is 0 Å². The lowest BCUT2D eigenvalue weighted by molar-refractivity contribution is 0.174. The molecule has 3 aliphatic rings. The fourth-order valence-electron chi connectivity index (χ4n) is 4.61. The Bertz CT molecular complexity index is 526. The molecule has 0 N–H and O–H groups in total. The number of nitrogens with zero attached hydrogens (tertiary/aromatic N) is 1. The second kappa shape index (κ2) is 2.82. The van der Waals surface area contributed by atoms with Crippen molar-refractivity contribution in [1.82, 2.24) is 0 Å². The number of fused-ring (bicyclic) bond motifs is 2. The summed E-state index contributed by atoms with van der Waals surface area (Å²) in [4.78, 5) is 4.99. The van der Waals surface area contributed by atoms with Gasteiger partial charge in [0, 0.05) is 11.1 Å². The summed E-state index contributed by atoms with van der Waals surface area (Å²) in [5.41, 5.74) is 5.06. The summed E-state index contributed by atoms with van der Waals surface area (Å²) in [6.45, 7) is 4.95. The van der Waals surface area contributed by atoms with Crippen LogP contribution in [0.4, 0.5) is 5.69 Å². The highest BCUT2D eigenvalue weighted by Crippen LogP contribution is 2.67. The van der Waals surface area contributed by atoms with E-state index in [2.05, 4.69) is 38.1 Å². The molecule has 0 aromatic heterocycles. The third-order valence-electron chi connectivity index (χ3n) is 5.91. The molecular formula is C16H19N. The number of benzene rings is 1. The van der Waals surface area contributed by atoms with Crippen LogP contribution in [0.15, 0.2) is 29.3 Å². The van der Waals surface area contributed by atoms with Crippen LogP contribution in [-0.4, -0.2) is 5.71 Å². The maximum absolute atomic E-state index is 4.99. The van der Waals surface area contributed by atoms with E-state index in [9.17, 15) is 0 Å². The highest BCUT2D eigenvalue weighted by Gasteiger charge is 2.63. The third kappa shape index (κ3) is 0.994. The van der Waals surface area contributed by atoms with Gasteiger partial charge in [0.2, 0.25) is 0 Å². The smallest absolute Gasteiger partial charge is 0.0661 e. The zero-order valence-corrected chi connectivity index (χ0v) is 10.7. The lowest BCUT2D eigenvalue weighted by atomic mass is 9.64. The fourth-order valence-corrected chi connectivity index (χ4v) is 4.61. The quantitative estimate of drug-likeness (QED) is 0.629. The van der Waals surface area contributed by atoms with Crippen molar-refractivity contribution >= 4 is 11.4 Å². The number of hydrogen-bond acceptors (Lipinski definition) is 1. The predicted octanol–water partition coefficient (Wildman–Crippen LogP) is 4.14. The van der Waals surface area contributed by atoms with Gasteiger partial charge in [0.15, 0.2) is 0 Å². The second-order valence-corrected chi connectivity index (χ2v) is 6.61. The number of para-hydroxylation sites is 1. The molecule has 2 unspecified atom stereocenters. The molecule has 1 heterocycles. The summed E-state index contributed by atoms with van der Waals surface area (Å²) >= 11 is 0. The van der Waals surface area contributed by atoms with Crippen molar-refractivity contribution < 1.29 is 0 Å². The van der Waals surface area contributed by atoms with E-state index in [0.29, 0.717) is 10.8 Å². The molecule has 0 radical (unpaired) electrons. The van der Waals surface area contributed by atoms with Crippen molar-refractivity contribution in [2.75, 3.05) is 0 Å². The molecule has 2 fully saturated rings. The third-order valence-corrected chi connectivity index (χ3v) is 5.91. The van der Waals surface area contributed by atoms with Crippen LogP contribution in [0.2, 0.25) is 0 Å². The van der Waals surface area contributed by atoms with Crippen molar-refractivity contribution in [3.8, 4) is 0 Å². The molecule has 1 spiro atoms. The minimum absolute atomic E-state index is 0.395. The minimum Gasteiger partial charge on any atom is -0.257 e. The molecule has 4 rings (SSSR count). The van der Waals surface area contributed by atoms with Gasteiger partial charge in [-0.25, -0.2) is 0 Å². The Morgan fingerprint density at radius 3 is 2.88 bits per heavy atom. The first-order chi connectivity index (χ1) is 8.13. The molecule has 2 atom stereocenters. The van der Waals surface area contributed by atoms with Crippen LogP contribution >= 0.6 is 0 Å². The Hall–Kier alpha value is -1.11. The SMILES string of the molecule is CC1(C)C2CCC13Cc1ccccc1N=C3C2. The Balaban J connectivity index is 1.93. The first-order valence-corrected chi connectivity index (χ1v) is 6.79. The van der Waals surface area contributed by atoms with E-state index in [1.807, 2.05) is 0 Å². The average Bonchev–Trinajstić information content (AvgIpc) is 2.68. The molecule has 17 heavy (non-hydrogen) atoms.